The van der Waals surface area contributed by atoms with Crippen LogP contribution in [0.2, 0.25) is 0 Å². The summed E-state index contributed by atoms with van der Waals surface area (Å²) < 4.78 is 0. The smallest absolute Gasteiger partial charge is 0.0596 e. The zero-order valence-corrected chi connectivity index (χ0v) is 8.08. The molecule has 0 radical (unpaired) electrons. The molecule has 1 N–H and O–H groups in total. The Morgan fingerprint density at radius 3 is 2.31 bits per heavy atom. The molecule has 74 valence electrons. The molecule has 0 aromatic heterocycles. The van der Waals surface area contributed by atoms with Crippen LogP contribution >= 0.6 is 0 Å². The number of hydrogen-bond donors (Lipinski definition) is 1. The molecule has 1 aliphatic carbocycles. The average molecular weight is 182 g/mol. The van der Waals surface area contributed by atoms with Crippen LogP contribution in [-0.2, 0) is 0 Å². The second-order valence-corrected chi connectivity index (χ2v) is 4.14. The largest absolute Gasteiger partial charge is 0.411 e. The predicted octanol–water partition coefficient (Wildman–Crippen LogP) is 1.85. The second-order valence-electron chi connectivity index (χ2n) is 4.14. The summed E-state index contributed by atoms with van der Waals surface area (Å²) in [6.45, 7) is 2.20. The molecule has 0 bridgehead atoms. The van der Waals surface area contributed by atoms with Crippen molar-refractivity contribution in [2.24, 2.45) is 5.16 Å². The first kappa shape index (κ1) is 9.00. The van der Waals surface area contributed by atoms with Crippen LogP contribution in [0.1, 0.15) is 38.5 Å². The van der Waals surface area contributed by atoms with Crippen LogP contribution in [0.5, 0.6) is 0 Å². The van der Waals surface area contributed by atoms with Crippen molar-refractivity contribution < 1.29 is 5.21 Å². The maximum Gasteiger partial charge on any atom is 0.0596 e. The van der Waals surface area contributed by atoms with Crippen molar-refractivity contribution in [2.45, 2.75) is 44.6 Å². The van der Waals surface area contributed by atoms with E-state index in [9.17, 15) is 0 Å². The predicted molar refractivity (Wildman–Crippen MR) is 52.3 cm³/mol. The van der Waals surface area contributed by atoms with Crippen molar-refractivity contribution in [1.29, 1.82) is 0 Å². The van der Waals surface area contributed by atoms with Gasteiger partial charge < -0.3 is 5.21 Å². The molecule has 0 atom stereocenters. The Balaban J connectivity index is 1.83. The fourth-order valence-electron chi connectivity index (χ4n) is 2.52. The van der Waals surface area contributed by atoms with E-state index in [-0.39, 0.29) is 0 Å². The SMILES string of the molecule is ON=C1CCN(C2CCCC2)CC1. The van der Waals surface area contributed by atoms with Crippen molar-refractivity contribution in [2.75, 3.05) is 13.1 Å². The lowest BCUT2D eigenvalue weighted by molar-refractivity contribution is 0.195. The van der Waals surface area contributed by atoms with Gasteiger partial charge in [0.2, 0.25) is 0 Å². The van der Waals surface area contributed by atoms with Crippen molar-refractivity contribution >= 4 is 5.71 Å². The van der Waals surface area contributed by atoms with Gasteiger partial charge in [-0.2, -0.15) is 0 Å². The molecule has 3 nitrogen and oxygen atoms in total. The van der Waals surface area contributed by atoms with E-state index in [2.05, 4.69) is 10.1 Å². The normalized spacial score (nSPS) is 26.6. The van der Waals surface area contributed by atoms with Crippen LogP contribution < -0.4 is 0 Å². The molecule has 2 aliphatic rings. The van der Waals surface area contributed by atoms with E-state index in [0.717, 1.165) is 37.7 Å². The fraction of sp³-hybridized carbons (Fsp3) is 0.900. The number of piperidine rings is 1. The van der Waals surface area contributed by atoms with Gasteiger partial charge in [0.05, 0.1) is 5.71 Å². The first-order valence-electron chi connectivity index (χ1n) is 5.34. The van der Waals surface area contributed by atoms with Crippen molar-refractivity contribution in [1.82, 2.24) is 4.90 Å². The molecule has 0 aromatic carbocycles. The van der Waals surface area contributed by atoms with Gasteiger partial charge in [0.15, 0.2) is 0 Å². The third kappa shape index (κ3) is 2.02. The quantitative estimate of drug-likeness (QED) is 0.496. The highest BCUT2D eigenvalue weighted by Gasteiger charge is 2.25. The number of rotatable bonds is 1. The summed E-state index contributed by atoms with van der Waals surface area (Å²) in [5.41, 5.74) is 0.981. The maximum absolute atomic E-state index is 8.61. The minimum absolute atomic E-state index is 0.834. The van der Waals surface area contributed by atoms with Crippen LogP contribution in [0.25, 0.3) is 0 Å². The summed E-state index contributed by atoms with van der Waals surface area (Å²) >= 11 is 0. The minimum Gasteiger partial charge on any atom is -0.411 e. The van der Waals surface area contributed by atoms with Gasteiger partial charge in [0.1, 0.15) is 0 Å². The van der Waals surface area contributed by atoms with Gasteiger partial charge >= 0.3 is 0 Å². The molecule has 3 heteroatoms. The summed E-state index contributed by atoms with van der Waals surface area (Å²) in [5.74, 6) is 0. The van der Waals surface area contributed by atoms with Crippen LogP contribution in [0.3, 0.4) is 0 Å². The molecule has 0 amide bonds. The van der Waals surface area contributed by atoms with Crippen LogP contribution in [0.15, 0.2) is 5.16 Å². The highest BCUT2D eigenvalue weighted by Crippen LogP contribution is 2.25. The topological polar surface area (TPSA) is 35.8 Å². The molecule has 0 spiro atoms. The first-order chi connectivity index (χ1) is 6.40. The molecule has 1 saturated carbocycles. The van der Waals surface area contributed by atoms with Gasteiger partial charge in [-0.1, -0.05) is 18.0 Å². The van der Waals surface area contributed by atoms with Crippen molar-refractivity contribution in [3.63, 3.8) is 0 Å². The van der Waals surface area contributed by atoms with Gasteiger partial charge in [-0.05, 0) is 12.8 Å². The lowest BCUT2D eigenvalue weighted by atomic mass is 10.1. The number of nitrogens with zero attached hydrogens (tertiary/aromatic N) is 2. The van der Waals surface area contributed by atoms with E-state index >= 15 is 0 Å². The summed E-state index contributed by atoms with van der Waals surface area (Å²) in [6.07, 6.45) is 7.50. The zero-order chi connectivity index (χ0) is 9.10. The van der Waals surface area contributed by atoms with Gasteiger partial charge in [-0.3, -0.25) is 4.90 Å². The molecule has 13 heavy (non-hydrogen) atoms. The zero-order valence-electron chi connectivity index (χ0n) is 8.08. The molecule has 2 fully saturated rings. The molecular formula is C10H18N2O. The third-order valence-electron chi connectivity index (χ3n) is 3.36. The maximum atomic E-state index is 8.61. The lowest BCUT2D eigenvalue weighted by Gasteiger charge is -2.32. The minimum atomic E-state index is 0.834. The molecule has 1 heterocycles. The summed E-state index contributed by atoms with van der Waals surface area (Å²) in [6, 6.07) is 0.834. The Kier molecular flexibility index (Phi) is 2.83. The Hall–Kier alpha value is -0.570. The number of oxime groups is 1. The summed E-state index contributed by atoms with van der Waals surface area (Å²) in [4.78, 5) is 2.57. The standard InChI is InChI=1S/C10H18N2O/c13-11-9-5-7-12(8-6-9)10-3-1-2-4-10/h10,13H,1-8H2. The van der Waals surface area contributed by atoms with Gasteiger partial charge in [-0.25, -0.2) is 0 Å². The third-order valence-corrected chi connectivity index (χ3v) is 3.36. The van der Waals surface area contributed by atoms with Crippen molar-refractivity contribution in [3.8, 4) is 0 Å². The van der Waals surface area contributed by atoms with E-state index < -0.39 is 0 Å². The first-order valence-corrected chi connectivity index (χ1v) is 5.34. The number of hydrogen-bond acceptors (Lipinski definition) is 3. The monoisotopic (exact) mass is 182 g/mol. The Bertz CT molecular complexity index is 187. The molecule has 1 saturated heterocycles. The number of likely N-dealkylation sites (tertiary alicyclic amines) is 1. The molecular weight excluding hydrogens is 164 g/mol. The van der Waals surface area contributed by atoms with Gasteiger partial charge in [0.25, 0.3) is 0 Å². The van der Waals surface area contributed by atoms with E-state index in [4.69, 9.17) is 5.21 Å². The highest BCUT2D eigenvalue weighted by molar-refractivity contribution is 5.84. The molecule has 0 aromatic rings. The Labute approximate surface area is 79.4 Å². The van der Waals surface area contributed by atoms with E-state index in [1.54, 1.807) is 0 Å². The lowest BCUT2D eigenvalue weighted by Crippen LogP contribution is -2.40. The fourth-order valence-corrected chi connectivity index (χ4v) is 2.52. The Morgan fingerprint density at radius 1 is 1.15 bits per heavy atom. The van der Waals surface area contributed by atoms with E-state index in [1.165, 1.54) is 25.7 Å². The van der Waals surface area contributed by atoms with Crippen molar-refractivity contribution in [3.05, 3.63) is 0 Å². The second kappa shape index (κ2) is 4.09. The van der Waals surface area contributed by atoms with Crippen LogP contribution in [0.4, 0.5) is 0 Å². The average Bonchev–Trinajstić information content (AvgIpc) is 2.71. The summed E-state index contributed by atoms with van der Waals surface area (Å²) in [5, 5.41) is 11.9. The summed E-state index contributed by atoms with van der Waals surface area (Å²) in [7, 11) is 0. The Morgan fingerprint density at radius 2 is 1.77 bits per heavy atom. The van der Waals surface area contributed by atoms with E-state index in [1.807, 2.05) is 0 Å². The van der Waals surface area contributed by atoms with E-state index in [0.29, 0.717) is 0 Å². The molecule has 2 rings (SSSR count). The van der Waals surface area contributed by atoms with Crippen LogP contribution in [0, 0.1) is 0 Å². The van der Waals surface area contributed by atoms with Gasteiger partial charge in [0, 0.05) is 32.0 Å². The highest BCUT2D eigenvalue weighted by atomic mass is 16.4. The van der Waals surface area contributed by atoms with Gasteiger partial charge in [-0.15, -0.1) is 0 Å². The van der Waals surface area contributed by atoms with Crippen LogP contribution in [-0.4, -0.2) is 35.0 Å². The molecule has 0 unspecified atom stereocenters. The molecule has 1 aliphatic heterocycles.